The van der Waals surface area contributed by atoms with Crippen molar-refractivity contribution in [3.05, 3.63) is 58.6 Å². The molecule has 0 saturated heterocycles. The second-order valence-corrected chi connectivity index (χ2v) is 7.46. The lowest BCUT2D eigenvalue weighted by atomic mass is 10.1. The van der Waals surface area contributed by atoms with Gasteiger partial charge < -0.3 is 5.32 Å². The van der Waals surface area contributed by atoms with Crippen molar-refractivity contribution in [3.63, 3.8) is 0 Å². The van der Waals surface area contributed by atoms with E-state index < -0.39 is 10.0 Å². The van der Waals surface area contributed by atoms with Gasteiger partial charge in [0.25, 0.3) is 0 Å². The Bertz CT molecular complexity index is 732. The van der Waals surface area contributed by atoms with Gasteiger partial charge in [0.15, 0.2) is 0 Å². The van der Waals surface area contributed by atoms with E-state index in [4.69, 9.17) is 0 Å². The minimum atomic E-state index is -3.43. The lowest BCUT2D eigenvalue weighted by molar-refractivity contribution is 0.588. The van der Waals surface area contributed by atoms with Crippen LogP contribution in [-0.2, 0) is 10.0 Å². The molecule has 2 N–H and O–H groups in total. The summed E-state index contributed by atoms with van der Waals surface area (Å²) in [5, 5.41) is 3.31. The van der Waals surface area contributed by atoms with Gasteiger partial charge in [0.2, 0.25) is 10.0 Å². The van der Waals surface area contributed by atoms with Gasteiger partial charge in [-0.2, -0.15) is 0 Å². The van der Waals surface area contributed by atoms with Gasteiger partial charge in [0.05, 0.1) is 4.90 Å². The lowest BCUT2D eigenvalue weighted by Gasteiger charge is -2.16. The van der Waals surface area contributed by atoms with E-state index >= 15 is 0 Å². The Kier molecular flexibility index (Phi) is 5.03. The largest absolute Gasteiger partial charge is 0.378 e. The fourth-order valence-corrected chi connectivity index (χ4v) is 3.17. The van der Waals surface area contributed by atoms with E-state index in [0.717, 1.165) is 15.7 Å². The highest BCUT2D eigenvalue weighted by Gasteiger charge is 2.12. The molecule has 0 spiro atoms. The average molecular weight is 369 g/mol. The van der Waals surface area contributed by atoms with Gasteiger partial charge in [-0.1, -0.05) is 34.1 Å². The summed E-state index contributed by atoms with van der Waals surface area (Å²) in [7, 11) is -2.02. The molecular weight excluding hydrogens is 352 g/mol. The first kappa shape index (κ1) is 16.0. The molecule has 112 valence electrons. The average Bonchev–Trinajstić information content (AvgIpc) is 2.47. The van der Waals surface area contributed by atoms with Gasteiger partial charge in [-0.25, -0.2) is 13.1 Å². The molecule has 0 bridgehead atoms. The van der Waals surface area contributed by atoms with E-state index in [1.165, 1.54) is 7.05 Å². The van der Waals surface area contributed by atoms with Crippen LogP contribution in [0, 0.1) is 0 Å². The lowest BCUT2D eigenvalue weighted by Crippen LogP contribution is -2.18. The van der Waals surface area contributed by atoms with E-state index in [-0.39, 0.29) is 10.9 Å². The van der Waals surface area contributed by atoms with E-state index in [1.807, 2.05) is 37.3 Å². The maximum atomic E-state index is 11.8. The van der Waals surface area contributed by atoms with Gasteiger partial charge in [-0.05, 0) is 49.9 Å². The van der Waals surface area contributed by atoms with Crippen LogP contribution in [0.15, 0.2) is 57.9 Å². The Morgan fingerprint density at radius 2 is 1.81 bits per heavy atom. The highest BCUT2D eigenvalue weighted by Crippen LogP contribution is 2.23. The Morgan fingerprint density at radius 3 is 2.48 bits per heavy atom. The third kappa shape index (κ3) is 4.06. The van der Waals surface area contributed by atoms with Crippen molar-refractivity contribution < 1.29 is 8.42 Å². The van der Waals surface area contributed by atoms with Crippen LogP contribution in [0.5, 0.6) is 0 Å². The standard InChI is InChI=1S/C15H17BrN2O2S/c1-11(12-5-3-6-13(16)9-12)18-14-7-4-8-15(10-14)21(19,20)17-2/h3-11,17-18H,1-2H3. The summed E-state index contributed by atoms with van der Waals surface area (Å²) >= 11 is 3.45. The molecule has 0 aliphatic heterocycles. The smallest absolute Gasteiger partial charge is 0.240 e. The number of sulfonamides is 1. The molecule has 1 unspecified atom stereocenters. The first-order valence-electron chi connectivity index (χ1n) is 6.48. The Morgan fingerprint density at radius 1 is 1.10 bits per heavy atom. The van der Waals surface area contributed by atoms with Gasteiger partial charge in [-0.3, -0.25) is 0 Å². The van der Waals surface area contributed by atoms with Crippen LogP contribution in [0.4, 0.5) is 5.69 Å². The molecule has 2 aromatic rings. The van der Waals surface area contributed by atoms with E-state index in [1.54, 1.807) is 18.2 Å². The third-order valence-corrected chi connectivity index (χ3v) is 5.05. The molecule has 0 radical (unpaired) electrons. The SMILES string of the molecule is CNS(=O)(=O)c1cccc(NC(C)c2cccc(Br)c2)c1. The molecule has 0 aromatic heterocycles. The second kappa shape index (κ2) is 6.60. The van der Waals surface area contributed by atoms with Crippen molar-refractivity contribution in [2.75, 3.05) is 12.4 Å². The van der Waals surface area contributed by atoms with E-state index in [0.29, 0.717) is 0 Å². The van der Waals surface area contributed by atoms with Crippen LogP contribution >= 0.6 is 15.9 Å². The van der Waals surface area contributed by atoms with Crippen molar-refractivity contribution >= 4 is 31.6 Å². The zero-order valence-electron chi connectivity index (χ0n) is 11.8. The Labute approximate surface area is 133 Å². The number of anilines is 1. The normalized spacial score (nSPS) is 12.9. The van der Waals surface area contributed by atoms with Gasteiger partial charge >= 0.3 is 0 Å². The molecule has 2 aromatic carbocycles. The molecule has 0 aliphatic carbocycles. The maximum Gasteiger partial charge on any atom is 0.240 e. The summed E-state index contributed by atoms with van der Waals surface area (Å²) < 4.78 is 26.9. The van der Waals surface area contributed by atoms with Crippen LogP contribution in [0.1, 0.15) is 18.5 Å². The second-order valence-electron chi connectivity index (χ2n) is 4.66. The van der Waals surface area contributed by atoms with Crippen molar-refractivity contribution in [3.8, 4) is 0 Å². The highest BCUT2D eigenvalue weighted by molar-refractivity contribution is 9.10. The summed E-state index contributed by atoms with van der Waals surface area (Å²) in [6, 6.07) is 14.8. The van der Waals surface area contributed by atoms with Crippen molar-refractivity contribution in [2.24, 2.45) is 0 Å². The molecule has 21 heavy (non-hydrogen) atoms. The molecule has 0 saturated carbocycles. The highest BCUT2D eigenvalue weighted by atomic mass is 79.9. The van der Waals surface area contributed by atoms with Crippen molar-refractivity contribution in [1.82, 2.24) is 4.72 Å². The minimum Gasteiger partial charge on any atom is -0.378 e. The molecule has 1 atom stereocenters. The Hall–Kier alpha value is -1.37. The number of rotatable bonds is 5. The fourth-order valence-electron chi connectivity index (χ4n) is 1.98. The van der Waals surface area contributed by atoms with Gasteiger partial charge in [0.1, 0.15) is 0 Å². The van der Waals surface area contributed by atoms with Crippen LogP contribution in [0.3, 0.4) is 0 Å². The van der Waals surface area contributed by atoms with E-state index in [2.05, 4.69) is 26.0 Å². The summed E-state index contributed by atoms with van der Waals surface area (Å²) in [6.45, 7) is 2.03. The predicted molar refractivity (Wildman–Crippen MR) is 88.9 cm³/mol. The number of benzene rings is 2. The zero-order valence-corrected chi connectivity index (χ0v) is 14.2. The minimum absolute atomic E-state index is 0.0649. The van der Waals surface area contributed by atoms with Gasteiger partial charge in [0, 0.05) is 16.2 Å². The maximum absolute atomic E-state index is 11.8. The topological polar surface area (TPSA) is 58.2 Å². The monoisotopic (exact) mass is 368 g/mol. The molecule has 6 heteroatoms. The van der Waals surface area contributed by atoms with Crippen molar-refractivity contribution in [1.29, 1.82) is 0 Å². The first-order valence-corrected chi connectivity index (χ1v) is 8.75. The van der Waals surface area contributed by atoms with Crippen LogP contribution < -0.4 is 10.0 Å². The molecule has 0 fully saturated rings. The molecule has 0 amide bonds. The summed E-state index contributed by atoms with van der Waals surface area (Å²) in [5.41, 5.74) is 1.88. The van der Waals surface area contributed by atoms with E-state index in [9.17, 15) is 8.42 Å². The number of hydrogen-bond donors (Lipinski definition) is 2. The number of halogens is 1. The first-order chi connectivity index (χ1) is 9.92. The third-order valence-electron chi connectivity index (χ3n) is 3.14. The predicted octanol–water partition coefficient (Wildman–Crippen LogP) is 3.53. The molecule has 4 nitrogen and oxygen atoms in total. The van der Waals surface area contributed by atoms with Gasteiger partial charge in [-0.15, -0.1) is 0 Å². The van der Waals surface area contributed by atoms with Crippen LogP contribution in [-0.4, -0.2) is 15.5 Å². The van der Waals surface area contributed by atoms with Crippen LogP contribution in [0.2, 0.25) is 0 Å². The number of nitrogens with one attached hydrogen (secondary N) is 2. The molecule has 0 aliphatic rings. The number of hydrogen-bond acceptors (Lipinski definition) is 3. The molecular formula is C15H17BrN2O2S. The quantitative estimate of drug-likeness (QED) is 0.848. The van der Waals surface area contributed by atoms with Crippen molar-refractivity contribution in [2.45, 2.75) is 17.9 Å². The summed E-state index contributed by atoms with van der Waals surface area (Å²) in [5.74, 6) is 0. The fraction of sp³-hybridized carbons (Fsp3) is 0.200. The Balaban J connectivity index is 2.22. The summed E-state index contributed by atoms with van der Waals surface area (Å²) in [4.78, 5) is 0.247. The van der Waals surface area contributed by atoms with Crippen LogP contribution in [0.25, 0.3) is 0 Å². The molecule has 2 rings (SSSR count). The molecule has 0 heterocycles. The zero-order chi connectivity index (χ0) is 15.5. The summed E-state index contributed by atoms with van der Waals surface area (Å²) in [6.07, 6.45) is 0.